The maximum Gasteiger partial charge on any atom is -0.0271 e. The Bertz CT molecular complexity index is 140. The number of hydrogen-bond donors (Lipinski definition) is 0. The van der Waals surface area contributed by atoms with Crippen LogP contribution in [-0.4, -0.2) is 0 Å². The maximum absolute atomic E-state index is 2.36. The van der Waals surface area contributed by atoms with E-state index < -0.39 is 0 Å². The van der Waals surface area contributed by atoms with Gasteiger partial charge in [0.05, 0.1) is 0 Å². The van der Waals surface area contributed by atoms with Crippen molar-refractivity contribution in [1.82, 2.24) is 0 Å². The van der Waals surface area contributed by atoms with Gasteiger partial charge < -0.3 is 0 Å². The molecule has 0 radical (unpaired) electrons. The van der Waals surface area contributed by atoms with Crippen molar-refractivity contribution in [3.05, 3.63) is 11.6 Å². The van der Waals surface area contributed by atoms with E-state index in [1.807, 2.05) is 0 Å². The molecule has 0 unspecified atom stereocenters. The average Bonchev–Trinajstić information content (AvgIpc) is 1.85. The standard InChI is InChI=1S/C12H24/c1-6-8-11(3)10-12(4,5)9-7-2/h8H,6-7,9-10H2,1-5H3. The van der Waals surface area contributed by atoms with Crippen LogP contribution >= 0.6 is 0 Å². The van der Waals surface area contributed by atoms with Crippen molar-refractivity contribution in [1.29, 1.82) is 0 Å². The fourth-order valence-corrected chi connectivity index (χ4v) is 1.94. The Kier molecular flexibility index (Phi) is 5.28. The molecule has 0 heteroatoms. The van der Waals surface area contributed by atoms with E-state index in [1.54, 1.807) is 5.57 Å². The summed E-state index contributed by atoms with van der Waals surface area (Å²) >= 11 is 0. The largest absolute Gasteiger partial charge is 0.0859 e. The summed E-state index contributed by atoms with van der Waals surface area (Å²) in [6, 6.07) is 0. The Balaban J connectivity index is 3.95. The van der Waals surface area contributed by atoms with Crippen molar-refractivity contribution in [3.8, 4) is 0 Å². The molecule has 0 nitrogen and oxygen atoms in total. The lowest BCUT2D eigenvalue weighted by Crippen LogP contribution is -2.10. The summed E-state index contributed by atoms with van der Waals surface area (Å²) in [6.45, 7) is 11.4. The second-order valence-electron chi connectivity index (χ2n) is 4.55. The molecule has 0 atom stereocenters. The first kappa shape index (κ1) is 11.7. The molecule has 0 aromatic heterocycles. The predicted molar refractivity (Wildman–Crippen MR) is 57.4 cm³/mol. The Morgan fingerprint density at radius 1 is 1.25 bits per heavy atom. The average molecular weight is 168 g/mol. The van der Waals surface area contributed by atoms with Gasteiger partial charge in [-0.05, 0) is 31.6 Å². The quantitative estimate of drug-likeness (QED) is 0.528. The smallest absolute Gasteiger partial charge is 0.0271 e. The zero-order valence-corrected chi connectivity index (χ0v) is 9.41. The van der Waals surface area contributed by atoms with Crippen LogP contribution in [0.25, 0.3) is 0 Å². The maximum atomic E-state index is 2.36. The number of allylic oxidation sites excluding steroid dienone is 2. The van der Waals surface area contributed by atoms with Crippen LogP contribution in [0.4, 0.5) is 0 Å². The summed E-state index contributed by atoms with van der Waals surface area (Å²) < 4.78 is 0. The van der Waals surface area contributed by atoms with Crippen LogP contribution in [0.2, 0.25) is 0 Å². The topological polar surface area (TPSA) is 0 Å². The van der Waals surface area contributed by atoms with E-state index >= 15 is 0 Å². The molecule has 0 heterocycles. The molecule has 0 aliphatic carbocycles. The molecule has 0 bridgehead atoms. The molecule has 0 aliphatic heterocycles. The first-order chi connectivity index (χ1) is 5.52. The third-order valence-corrected chi connectivity index (χ3v) is 2.24. The van der Waals surface area contributed by atoms with Gasteiger partial charge in [0, 0.05) is 0 Å². The second-order valence-corrected chi connectivity index (χ2v) is 4.55. The zero-order chi connectivity index (χ0) is 9.61. The Morgan fingerprint density at radius 3 is 2.25 bits per heavy atom. The van der Waals surface area contributed by atoms with E-state index in [9.17, 15) is 0 Å². The predicted octanol–water partition coefficient (Wildman–Crippen LogP) is 4.56. The normalized spacial score (nSPS) is 13.6. The van der Waals surface area contributed by atoms with E-state index in [1.165, 1.54) is 25.7 Å². The SMILES string of the molecule is CCC=C(C)CC(C)(C)CCC. The summed E-state index contributed by atoms with van der Waals surface area (Å²) in [5.41, 5.74) is 2.06. The highest BCUT2D eigenvalue weighted by atomic mass is 14.2. The second kappa shape index (κ2) is 5.40. The minimum atomic E-state index is 0.504. The first-order valence-electron chi connectivity index (χ1n) is 5.17. The van der Waals surface area contributed by atoms with Crippen LogP contribution in [0, 0.1) is 5.41 Å². The van der Waals surface area contributed by atoms with Crippen LogP contribution < -0.4 is 0 Å². The van der Waals surface area contributed by atoms with Gasteiger partial charge in [0.2, 0.25) is 0 Å². The van der Waals surface area contributed by atoms with Gasteiger partial charge in [0.25, 0.3) is 0 Å². The lowest BCUT2D eigenvalue weighted by Gasteiger charge is -2.24. The van der Waals surface area contributed by atoms with Gasteiger partial charge >= 0.3 is 0 Å². The van der Waals surface area contributed by atoms with Gasteiger partial charge in [0.15, 0.2) is 0 Å². The van der Waals surface area contributed by atoms with Crippen molar-refractivity contribution in [2.75, 3.05) is 0 Å². The fourth-order valence-electron chi connectivity index (χ4n) is 1.94. The molecule has 0 rings (SSSR count). The third kappa shape index (κ3) is 5.40. The van der Waals surface area contributed by atoms with Gasteiger partial charge in [-0.15, -0.1) is 0 Å². The van der Waals surface area contributed by atoms with E-state index in [4.69, 9.17) is 0 Å². The van der Waals surface area contributed by atoms with E-state index in [-0.39, 0.29) is 0 Å². The van der Waals surface area contributed by atoms with Crippen LogP contribution in [-0.2, 0) is 0 Å². The molecule has 0 spiro atoms. The van der Waals surface area contributed by atoms with Gasteiger partial charge in [-0.25, -0.2) is 0 Å². The molecule has 12 heavy (non-hydrogen) atoms. The van der Waals surface area contributed by atoms with Crippen molar-refractivity contribution >= 4 is 0 Å². The summed E-state index contributed by atoms with van der Waals surface area (Å²) in [7, 11) is 0. The van der Waals surface area contributed by atoms with Gasteiger partial charge in [-0.2, -0.15) is 0 Å². The molecule has 0 saturated heterocycles. The molecule has 0 aromatic rings. The summed E-state index contributed by atoms with van der Waals surface area (Å²) in [4.78, 5) is 0. The molecule has 0 N–H and O–H groups in total. The Morgan fingerprint density at radius 2 is 1.83 bits per heavy atom. The number of rotatable bonds is 5. The van der Waals surface area contributed by atoms with Gasteiger partial charge in [0.1, 0.15) is 0 Å². The molecule has 0 aromatic carbocycles. The highest BCUT2D eigenvalue weighted by molar-refractivity contribution is 5.00. The fraction of sp³-hybridized carbons (Fsp3) is 0.833. The van der Waals surface area contributed by atoms with E-state index in [2.05, 4.69) is 40.7 Å². The van der Waals surface area contributed by atoms with Crippen LogP contribution in [0.5, 0.6) is 0 Å². The molecular weight excluding hydrogens is 144 g/mol. The van der Waals surface area contributed by atoms with Crippen LogP contribution in [0.3, 0.4) is 0 Å². The molecular formula is C12H24. The highest BCUT2D eigenvalue weighted by Crippen LogP contribution is 2.30. The monoisotopic (exact) mass is 168 g/mol. The van der Waals surface area contributed by atoms with Gasteiger partial charge in [-0.3, -0.25) is 0 Å². The van der Waals surface area contributed by atoms with Crippen molar-refractivity contribution < 1.29 is 0 Å². The minimum Gasteiger partial charge on any atom is -0.0859 e. The molecule has 0 fully saturated rings. The molecule has 72 valence electrons. The van der Waals surface area contributed by atoms with Crippen molar-refractivity contribution in [2.24, 2.45) is 5.41 Å². The summed E-state index contributed by atoms with van der Waals surface area (Å²) in [6.07, 6.45) is 7.41. The van der Waals surface area contributed by atoms with E-state index in [0.29, 0.717) is 5.41 Å². The highest BCUT2D eigenvalue weighted by Gasteiger charge is 2.16. The van der Waals surface area contributed by atoms with Crippen LogP contribution in [0.15, 0.2) is 11.6 Å². The Labute approximate surface area is 78.1 Å². The van der Waals surface area contributed by atoms with Crippen LogP contribution in [0.1, 0.15) is 60.3 Å². The molecule has 0 aliphatic rings. The van der Waals surface area contributed by atoms with Gasteiger partial charge in [-0.1, -0.05) is 45.8 Å². The number of hydrogen-bond acceptors (Lipinski definition) is 0. The summed E-state index contributed by atoms with van der Waals surface area (Å²) in [5.74, 6) is 0. The lowest BCUT2D eigenvalue weighted by atomic mass is 9.82. The van der Waals surface area contributed by atoms with E-state index in [0.717, 1.165) is 0 Å². The first-order valence-corrected chi connectivity index (χ1v) is 5.17. The third-order valence-electron chi connectivity index (χ3n) is 2.24. The van der Waals surface area contributed by atoms with Crippen molar-refractivity contribution in [3.63, 3.8) is 0 Å². The molecule has 0 saturated carbocycles. The Hall–Kier alpha value is -0.260. The van der Waals surface area contributed by atoms with Crippen molar-refractivity contribution in [2.45, 2.75) is 60.3 Å². The minimum absolute atomic E-state index is 0.504. The summed E-state index contributed by atoms with van der Waals surface area (Å²) in [5, 5.41) is 0. The zero-order valence-electron chi connectivity index (χ0n) is 9.41. The molecule has 0 amide bonds. The lowest BCUT2D eigenvalue weighted by molar-refractivity contribution is 0.328.